The smallest absolute Gasteiger partial charge is 0.190 e. The van der Waals surface area contributed by atoms with Crippen molar-refractivity contribution >= 4 is 17.0 Å². The summed E-state index contributed by atoms with van der Waals surface area (Å²) in [6, 6.07) is 16.8. The first-order valence-corrected chi connectivity index (χ1v) is 11.4. The van der Waals surface area contributed by atoms with Crippen molar-refractivity contribution < 1.29 is 4.74 Å². The van der Waals surface area contributed by atoms with Crippen LogP contribution in [0, 0.1) is 0 Å². The molecule has 0 bridgehead atoms. The highest BCUT2D eigenvalue weighted by atomic mass is 32.1. The Morgan fingerprint density at radius 1 is 1.03 bits per heavy atom. The third-order valence-electron chi connectivity index (χ3n) is 5.33. The summed E-state index contributed by atoms with van der Waals surface area (Å²) in [5.74, 6) is 1.38. The molecule has 2 heterocycles. The van der Waals surface area contributed by atoms with E-state index in [1.807, 2.05) is 30.9 Å². The van der Waals surface area contributed by atoms with E-state index in [9.17, 15) is 0 Å². The second-order valence-corrected chi connectivity index (χ2v) is 8.63. The van der Waals surface area contributed by atoms with Gasteiger partial charge >= 0.3 is 0 Å². The van der Waals surface area contributed by atoms with Crippen LogP contribution in [0.4, 0.5) is 5.69 Å². The Morgan fingerprint density at radius 3 is 2.45 bits per heavy atom. The Morgan fingerprint density at radius 2 is 1.81 bits per heavy atom. The molecule has 31 heavy (non-hydrogen) atoms. The van der Waals surface area contributed by atoms with Gasteiger partial charge in [0.25, 0.3) is 0 Å². The van der Waals surface area contributed by atoms with E-state index < -0.39 is 0 Å². The molecule has 0 amide bonds. The lowest BCUT2D eigenvalue weighted by Gasteiger charge is -2.10. The van der Waals surface area contributed by atoms with E-state index in [0.717, 1.165) is 41.3 Å². The van der Waals surface area contributed by atoms with Crippen LogP contribution in [-0.4, -0.2) is 21.2 Å². The van der Waals surface area contributed by atoms with Crippen molar-refractivity contribution in [2.24, 2.45) is 4.99 Å². The topological polar surface area (TPSA) is 44.3 Å². The van der Waals surface area contributed by atoms with Crippen molar-refractivity contribution in [3.05, 3.63) is 83.0 Å². The van der Waals surface area contributed by atoms with Gasteiger partial charge in [-0.25, -0.2) is 9.98 Å². The van der Waals surface area contributed by atoms with Crippen LogP contribution in [0.5, 0.6) is 5.75 Å². The van der Waals surface area contributed by atoms with Crippen molar-refractivity contribution in [2.75, 3.05) is 7.11 Å². The van der Waals surface area contributed by atoms with Crippen LogP contribution < -0.4 is 9.54 Å². The van der Waals surface area contributed by atoms with Crippen LogP contribution in [0.1, 0.15) is 31.7 Å². The van der Waals surface area contributed by atoms with Gasteiger partial charge in [0, 0.05) is 30.9 Å². The van der Waals surface area contributed by atoms with Crippen LogP contribution in [-0.2, 0) is 13.1 Å². The third-order valence-corrected chi connectivity index (χ3v) is 6.19. The molecule has 0 aliphatic rings. The lowest BCUT2D eigenvalue weighted by molar-refractivity contribution is 0.415. The molecule has 0 N–H and O–H groups in total. The summed E-state index contributed by atoms with van der Waals surface area (Å²) in [7, 11) is 1.69. The molecule has 0 unspecified atom stereocenters. The van der Waals surface area contributed by atoms with Crippen molar-refractivity contribution in [2.45, 2.75) is 39.3 Å². The minimum atomic E-state index is 0.519. The van der Waals surface area contributed by atoms with Gasteiger partial charge in [0.15, 0.2) is 4.80 Å². The molecule has 6 heteroatoms. The molecule has 2 aromatic heterocycles. The number of aromatic nitrogens is 3. The van der Waals surface area contributed by atoms with E-state index >= 15 is 0 Å². The van der Waals surface area contributed by atoms with Crippen LogP contribution in [0.2, 0.25) is 0 Å². The SMILES string of the molecule is COc1ccc(-c2csc(=Nc3ccc(C(C)C)cc3)n2CCCn2ccnc2)cc1. The summed E-state index contributed by atoms with van der Waals surface area (Å²) in [6.07, 6.45) is 6.69. The standard InChI is InChI=1S/C25H28N4OS/c1-19(2)20-5-9-22(10-6-20)27-25-29(15-4-14-28-16-13-26-18-28)24(17-31-25)21-7-11-23(30-3)12-8-21/h5-13,16-19H,4,14-15H2,1-3H3. The maximum absolute atomic E-state index is 5.32. The Hall–Kier alpha value is -3.12. The summed E-state index contributed by atoms with van der Waals surface area (Å²) < 4.78 is 9.75. The highest BCUT2D eigenvalue weighted by Crippen LogP contribution is 2.24. The van der Waals surface area contributed by atoms with Crippen molar-refractivity contribution in [1.82, 2.24) is 14.1 Å². The average Bonchev–Trinajstić information content (AvgIpc) is 3.45. The van der Waals surface area contributed by atoms with E-state index in [2.05, 4.69) is 69.7 Å². The van der Waals surface area contributed by atoms with Gasteiger partial charge in [-0.2, -0.15) is 0 Å². The Labute approximate surface area is 187 Å². The molecule has 0 saturated heterocycles. The van der Waals surface area contributed by atoms with Gasteiger partial charge in [0.2, 0.25) is 0 Å². The molecule has 0 radical (unpaired) electrons. The van der Waals surface area contributed by atoms with Crippen LogP contribution in [0.25, 0.3) is 11.3 Å². The highest BCUT2D eigenvalue weighted by molar-refractivity contribution is 7.07. The minimum Gasteiger partial charge on any atom is -0.497 e. The summed E-state index contributed by atoms with van der Waals surface area (Å²) in [6.45, 7) is 6.22. The second kappa shape index (κ2) is 9.79. The van der Waals surface area contributed by atoms with Crippen molar-refractivity contribution in [1.29, 1.82) is 0 Å². The summed E-state index contributed by atoms with van der Waals surface area (Å²) in [5, 5.41) is 2.19. The van der Waals surface area contributed by atoms with E-state index in [1.165, 1.54) is 11.3 Å². The number of imidazole rings is 1. The van der Waals surface area contributed by atoms with Gasteiger partial charge in [0.05, 0.1) is 24.8 Å². The molecule has 2 aromatic carbocycles. The first-order chi connectivity index (χ1) is 15.1. The molecule has 5 nitrogen and oxygen atoms in total. The van der Waals surface area contributed by atoms with Crippen LogP contribution in [0.15, 0.2) is 77.6 Å². The predicted molar refractivity (Wildman–Crippen MR) is 127 cm³/mol. The maximum Gasteiger partial charge on any atom is 0.190 e. The Kier molecular flexibility index (Phi) is 6.67. The fourth-order valence-corrected chi connectivity index (χ4v) is 4.46. The number of ether oxygens (including phenoxy) is 1. The third kappa shape index (κ3) is 5.14. The van der Waals surface area contributed by atoms with Crippen LogP contribution in [0.3, 0.4) is 0 Å². The number of aryl methyl sites for hydroxylation is 1. The van der Waals surface area contributed by atoms with Gasteiger partial charge in [-0.1, -0.05) is 26.0 Å². The molecular formula is C25H28N4OS. The maximum atomic E-state index is 5.32. The Balaban J connectivity index is 1.66. The molecule has 0 aliphatic heterocycles. The summed E-state index contributed by atoms with van der Waals surface area (Å²) >= 11 is 1.68. The molecule has 0 spiro atoms. The molecule has 4 aromatic rings. The normalized spacial score (nSPS) is 11.9. The monoisotopic (exact) mass is 432 g/mol. The quantitative estimate of drug-likeness (QED) is 0.350. The Bertz CT molecular complexity index is 1150. The van der Waals surface area contributed by atoms with Crippen molar-refractivity contribution in [3.63, 3.8) is 0 Å². The van der Waals surface area contributed by atoms with E-state index in [-0.39, 0.29) is 0 Å². The predicted octanol–water partition coefficient (Wildman–Crippen LogP) is 5.87. The van der Waals surface area contributed by atoms with Gasteiger partial charge in [-0.15, -0.1) is 11.3 Å². The number of benzene rings is 2. The zero-order valence-corrected chi connectivity index (χ0v) is 19.0. The molecule has 0 saturated carbocycles. The van der Waals surface area contributed by atoms with E-state index in [4.69, 9.17) is 9.73 Å². The lowest BCUT2D eigenvalue weighted by atomic mass is 10.0. The first kappa shape index (κ1) is 21.1. The fraction of sp³-hybridized carbons (Fsp3) is 0.280. The van der Waals surface area contributed by atoms with Crippen LogP contribution >= 0.6 is 11.3 Å². The summed E-state index contributed by atoms with van der Waals surface area (Å²) in [5.41, 5.74) is 4.65. The number of hydrogen-bond donors (Lipinski definition) is 0. The van der Waals surface area contributed by atoms with E-state index in [0.29, 0.717) is 5.92 Å². The molecule has 4 rings (SSSR count). The zero-order valence-electron chi connectivity index (χ0n) is 18.2. The molecular weight excluding hydrogens is 404 g/mol. The highest BCUT2D eigenvalue weighted by Gasteiger charge is 2.09. The molecule has 160 valence electrons. The van der Waals surface area contributed by atoms with Gasteiger partial charge in [-0.05, 0) is 59.9 Å². The second-order valence-electron chi connectivity index (χ2n) is 7.80. The van der Waals surface area contributed by atoms with Gasteiger partial charge in [-0.3, -0.25) is 0 Å². The fourth-order valence-electron chi connectivity index (χ4n) is 3.50. The molecule has 0 atom stereocenters. The van der Waals surface area contributed by atoms with Gasteiger partial charge < -0.3 is 13.9 Å². The van der Waals surface area contributed by atoms with Crippen molar-refractivity contribution in [3.8, 4) is 17.0 Å². The number of nitrogens with zero attached hydrogens (tertiary/aromatic N) is 4. The van der Waals surface area contributed by atoms with E-state index in [1.54, 1.807) is 18.4 Å². The lowest BCUT2D eigenvalue weighted by Crippen LogP contribution is -2.17. The van der Waals surface area contributed by atoms with Gasteiger partial charge in [0.1, 0.15) is 5.75 Å². The molecule has 0 fully saturated rings. The minimum absolute atomic E-state index is 0.519. The summed E-state index contributed by atoms with van der Waals surface area (Å²) in [4.78, 5) is 10.1. The number of methoxy groups -OCH3 is 1. The first-order valence-electron chi connectivity index (χ1n) is 10.6. The largest absolute Gasteiger partial charge is 0.497 e. The molecule has 0 aliphatic carbocycles. The number of rotatable bonds is 8. The average molecular weight is 433 g/mol. The number of hydrogen-bond acceptors (Lipinski definition) is 4. The number of thiazole rings is 1. The zero-order chi connectivity index (χ0) is 21.6.